The molecule has 0 saturated heterocycles. The summed E-state index contributed by atoms with van der Waals surface area (Å²) in [7, 11) is -3.24. The van der Waals surface area contributed by atoms with Gasteiger partial charge in [0, 0.05) is 17.1 Å². The molecule has 0 saturated carbocycles. The molecular weight excluding hydrogens is 449 g/mol. The van der Waals surface area contributed by atoms with E-state index in [0.29, 0.717) is 0 Å². The van der Waals surface area contributed by atoms with Gasteiger partial charge < -0.3 is 15.3 Å². The highest BCUT2D eigenvalue weighted by atomic mass is 31.2. The van der Waals surface area contributed by atoms with Crippen LogP contribution < -0.4 is 15.3 Å². The molecule has 0 aromatic heterocycles. The predicted molar refractivity (Wildman–Crippen MR) is 154 cm³/mol. The summed E-state index contributed by atoms with van der Waals surface area (Å²) in [4.78, 5) is 0. The third-order valence-electron chi connectivity index (χ3n) is 6.18. The van der Waals surface area contributed by atoms with Crippen molar-refractivity contribution in [2.75, 3.05) is 15.3 Å². The van der Waals surface area contributed by atoms with Crippen LogP contribution >= 0.6 is 7.59 Å². The molecule has 0 radical (unpaired) electrons. The second-order valence-electron chi connectivity index (χ2n) is 9.35. The van der Waals surface area contributed by atoms with Gasteiger partial charge in [0.25, 0.3) is 0 Å². The number of hydrogen-bond donors (Lipinski definition) is 3. The van der Waals surface area contributed by atoms with E-state index in [2.05, 4.69) is 72.4 Å². The van der Waals surface area contributed by atoms with Crippen molar-refractivity contribution in [2.45, 2.75) is 78.6 Å². The van der Waals surface area contributed by atoms with Crippen LogP contribution in [-0.2, 0) is 23.8 Å². The number of rotatable bonds is 15. The molecule has 3 rings (SSSR count). The zero-order valence-corrected chi connectivity index (χ0v) is 22.5. The van der Waals surface area contributed by atoms with Gasteiger partial charge >= 0.3 is 7.59 Å². The molecule has 0 spiro atoms. The summed E-state index contributed by atoms with van der Waals surface area (Å²) in [5, 5.41) is 9.80. The highest BCUT2D eigenvalue weighted by Gasteiger charge is 2.22. The van der Waals surface area contributed by atoms with Gasteiger partial charge in [-0.05, 0) is 91.6 Å². The van der Waals surface area contributed by atoms with Gasteiger partial charge in [0.15, 0.2) is 0 Å². The number of anilines is 3. The van der Waals surface area contributed by atoms with Crippen molar-refractivity contribution >= 4 is 24.7 Å². The van der Waals surface area contributed by atoms with Crippen LogP contribution in [0.15, 0.2) is 72.8 Å². The predicted octanol–water partition coefficient (Wildman–Crippen LogP) is 9.46. The fourth-order valence-electron chi connectivity index (χ4n) is 4.01. The summed E-state index contributed by atoms with van der Waals surface area (Å²) >= 11 is 0. The molecule has 0 bridgehead atoms. The molecule has 188 valence electrons. The molecule has 0 fully saturated rings. The van der Waals surface area contributed by atoms with E-state index in [1.807, 2.05) is 36.4 Å². The Morgan fingerprint density at radius 2 is 0.743 bits per heavy atom. The van der Waals surface area contributed by atoms with E-state index < -0.39 is 7.59 Å². The van der Waals surface area contributed by atoms with Crippen molar-refractivity contribution in [2.24, 2.45) is 0 Å². The Bertz CT molecular complexity index is 910. The second-order valence-corrected chi connectivity index (χ2v) is 11.2. The van der Waals surface area contributed by atoms with E-state index in [9.17, 15) is 4.57 Å². The molecular formula is C30H42N3OP. The van der Waals surface area contributed by atoms with Crippen molar-refractivity contribution < 1.29 is 4.57 Å². The maximum absolute atomic E-state index is 14.2. The van der Waals surface area contributed by atoms with Crippen LogP contribution in [0.5, 0.6) is 0 Å². The fraction of sp³-hybridized carbons (Fsp3) is 0.400. The van der Waals surface area contributed by atoms with E-state index in [1.54, 1.807) is 0 Å². The molecule has 5 heteroatoms. The third kappa shape index (κ3) is 9.11. The van der Waals surface area contributed by atoms with Crippen molar-refractivity contribution in [3.63, 3.8) is 0 Å². The van der Waals surface area contributed by atoms with Crippen LogP contribution in [0.2, 0.25) is 0 Å². The molecule has 3 aromatic rings. The Hall–Kier alpha value is -2.71. The van der Waals surface area contributed by atoms with E-state index in [1.165, 1.54) is 55.2 Å². The first-order chi connectivity index (χ1) is 17.0. The van der Waals surface area contributed by atoms with E-state index in [4.69, 9.17) is 0 Å². The van der Waals surface area contributed by atoms with Crippen LogP contribution in [-0.4, -0.2) is 0 Å². The Kier molecular flexibility index (Phi) is 10.8. The topological polar surface area (TPSA) is 53.2 Å². The lowest BCUT2D eigenvalue weighted by atomic mass is 10.1. The lowest BCUT2D eigenvalue weighted by molar-refractivity contribution is 0.585. The molecule has 0 heterocycles. The van der Waals surface area contributed by atoms with E-state index >= 15 is 0 Å². The molecule has 3 aromatic carbocycles. The monoisotopic (exact) mass is 491 g/mol. The Labute approximate surface area is 212 Å². The van der Waals surface area contributed by atoms with Gasteiger partial charge in [-0.1, -0.05) is 76.4 Å². The lowest BCUT2D eigenvalue weighted by Crippen LogP contribution is -2.14. The summed E-state index contributed by atoms with van der Waals surface area (Å²) in [5.74, 6) is 0. The highest BCUT2D eigenvalue weighted by Crippen LogP contribution is 2.45. The van der Waals surface area contributed by atoms with Gasteiger partial charge in [0.1, 0.15) is 0 Å². The first-order valence-electron chi connectivity index (χ1n) is 13.2. The van der Waals surface area contributed by atoms with Gasteiger partial charge in [-0.3, -0.25) is 4.57 Å². The van der Waals surface area contributed by atoms with Crippen LogP contribution in [0, 0.1) is 0 Å². The molecule has 0 aliphatic heterocycles. The zero-order valence-electron chi connectivity index (χ0n) is 21.6. The number of hydrogen-bond acceptors (Lipinski definition) is 1. The first-order valence-corrected chi connectivity index (χ1v) is 15.0. The van der Waals surface area contributed by atoms with Crippen LogP contribution in [0.3, 0.4) is 0 Å². The van der Waals surface area contributed by atoms with Crippen molar-refractivity contribution in [3.8, 4) is 0 Å². The number of nitrogens with one attached hydrogen (secondary N) is 3. The molecule has 4 nitrogen and oxygen atoms in total. The molecule has 0 atom stereocenters. The summed E-state index contributed by atoms with van der Waals surface area (Å²) in [6.45, 7) is 6.61. The SMILES string of the molecule is CCCCc1ccc(NP(=O)(Nc2ccc(CCCC)cc2)Nc2ccc(CCCC)cc2)cc1. The van der Waals surface area contributed by atoms with E-state index in [0.717, 1.165) is 36.3 Å². The fourth-order valence-corrected chi connectivity index (χ4v) is 5.72. The Morgan fingerprint density at radius 3 is 0.971 bits per heavy atom. The smallest absolute Gasteiger partial charge is 0.304 e. The largest absolute Gasteiger partial charge is 0.352 e. The highest BCUT2D eigenvalue weighted by molar-refractivity contribution is 7.68. The summed E-state index contributed by atoms with van der Waals surface area (Å²) in [5.41, 5.74) is 6.39. The average Bonchev–Trinajstić information content (AvgIpc) is 2.87. The second kappa shape index (κ2) is 14.0. The Balaban J connectivity index is 1.77. The van der Waals surface area contributed by atoms with Gasteiger partial charge in [-0.15, -0.1) is 0 Å². The molecule has 0 aliphatic rings. The van der Waals surface area contributed by atoms with Crippen LogP contribution in [0.1, 0.15) is 76.0 Å². The Morgan fingerprint density at radius 1 is 0.486 bits per heavy atom. The standard InChI is InChI=1S/C30H42N3OP/c1-4-7-10-25-13-19-28(20-14-25)31-35(34,32-29-21-15-26(16-22-29)11-8-5-2)33-30-23-17-27(18-24-30)12-9-6-3/h13-24H,4-12H2,1-3H3,(H3,31,32,33,34). The summed E-state index contributed by atoms with van der Waals surface area (Å²) in [6, 6.07) is 24.8. The number of unbranched alkanes of at least 4 members (excludes halogenated alkanes) is 3. The van der Waals surface area contributed by atoms with Gasteiger partial charge in [0.2, 0.25) is 0 Å². The van der Waals surface area contributed by atoms with Gasteiger partial charge in [0.05, 0.1) is 0 Å². The maximum atomic E-state index is 14.2. The van der Waals surface area contributed by atoms with Gasteiger partial charge in [-0.2, -0.15) is 0 Å². The minimum atomic E-state index is -3.24. The average molecular weight is 492 g/mol. The first kappa shape index (κ1) is 26.9. The van der Waals surface area contributed by atoms with E-state index in [-0.39, 0.29) is 0 Å². The van der Waals surface area contributed by atoms with Crippen LogP contribution in [0.4, 0.5) is 17.1 Å². The molecule has 35 heavy (non-hydrogen) atoms. The molecule has 0 amide bonds. The molecule has 0 unspecified atom stereocenters. The summed E-state index contributed by atoms with van der Waals surface area (Å²) < 4.78 is 14.2. The minimum absolute atomic E-state index is 0.827. The van der Waals surface area contributed by atoms with Crippen molar-refractivity contribution in [1.29, 1.82) is 0 Å². The minimum Gasteiger partial charge on any atom is -0.304 e. The zero-order chi connectivity index (χ0) is 24.9. The quantitative estimate of drug-likeness (QED) is 0.185. The lowest BCUT2D eigenvalue weighted by Gasteiger charge is -2.24. The third-order valence-corrected chi connectivity index (χ3v) is 7.90. The normalized spacial score (nSPS) is 11.3. The molecule has 0 aliphatic carbocycles. The van der Waals surface area contributed by atoms with Gasteiger partial charge in [-0.25, -0.2) is 0 Å². The number of benzene rings is 3. The van der Waals surface area contributed by atoms with Crippen molar-refractivity contribution in [3.05, 3.63) is 89.5 Å². The van der Waals surface area contributed by atoms with Crippen LogP contribution in [0.25, 0.3) is 0 Å². The molecule has 3 N–H and O–H groups in total. The maximum Gasteiger partial charge on any atom is 0.352 e. The van der Waals surface area contributed by atoms with Crippen molar-refractivity contribution in [1.82, 2.24) is 0 Å². The summed E-state index contributed by atoms with van der Waals surface area (Å²) in [6.07, 6.45) is 10.3. The number of aryl methyl sites for hydroxylation is 3.